The summed E-state index contributed by atoms with van der Waals surface area (Å²) in [5.74, 6) is 0.109. The van der Waals surface area contributed by atoms with Crippen LogP contribution in [0.2, 0.25) is 0 Å². The maximum atomic E-state index is 12.5. The second-order valence-electron chi connectivity index (χ2n) is 4.95. The molecule has 2 heteroatoms. The molecule has 2 aromatic carbocycles. The van der Waals surface area contributed by atoms with Gasteiger partial charge in [-0.25, -0.2) is 0 Å². The van der Waals surface area contributed by atoms with E-state index in [-0.39, 0.29) is 5.78 Å². The van der Waals surface area contributed by atoms with Crippen LogP contribution in [0, 0.1) is 6.92 Å². The predicted octanol–water partition coefficient (Wildman–Crippen LogP) is 3.97. The zero-order valence-electron chi connectivity index (χ0n) is 11.3. The van der Waals surface area contributed by atoms with Gasteiger partial charge in [0, 0.05) is 17.5 Å². The quantitative estimate of drug-likeness (QED) is 0.668. The van der Waals surface area contributed by atoms with Gasteiger partial charge in [-0.15, -0.1) is 0 Å². The molecular weight excluding hydrogens is 246 g/mol. The molecule has 0 atom stereocenters. The molecule has 0 amide bonds. The SMILES string of the molecule is Cc1ccc(CC(=O)c2cccc3ccccc23)nc1. The predicted molar refractivity (Wildman–Crippen MR) is 81.0 cm³/mol. The van der Waals surface area contributed by atoms with E-state index >= 15 is 0 Å². The normalized spacial score (nSPS) is 10.7. The average Bonchev–Trinajstić information content (AvgIpc) is 2.49. The largest absolute Gasteiger partial charge is 0.294 e. The first-order valence-electron chi connectivity index (χ1n) is 6.66. The third-order valence-electron chi connectivity index (χ3n) is 3.40. The lowest BCUT2D eigenvalue weighted by Crippen LogP contribution is -2.05. The summed E-state index contributed by atoms with van der Waals surface area (Å²) < 4.78 is 0. The number of aryl methyl sites for hydroxylation is 1. The van der Waals surface area contributed by atoms with E-state index in [2.05, 4.69) is 4.98 Å². The van der Waals surface area contributed by atoms with Crippen molar-refractivity contribution in [2.24, 2.45) is 0 Å². The Bertz CT molecular complexity index is 754. The van der Waals surface area contributed by atoms with E-state index < -0.39 is 0 Å². The number of benzene rings is 2. The van der Waals surface area contributed by atoms with E-state index in [1.807, 2.05) is 61.5 Å². The fourth-order valence-electron chi connectivity index (χ4n) is 2.33. The van der Waals surface area contributed by atoms with Crippen molar-refractivity contribution in [3.63, 3.8) is 0 Å². The van der Waals surface area contributed by atoms with E-state index in [1.54, 1.807) is 6.20 Å². The maximum Gasteiger partial charge on any atom is 0.169 e. The molecule has 0 unspecified atom stereocenters. The van der Waals surface area contributed by atoms with Gasteiger partial charge in [-0.3, -0.25) is 9.78 Å². The first-order chi connectivity index (χ1) is 9.74. The lowest BCUT2D eigenvalue weighted by Gasteiger charge is -2.05. The number of hydrogen-bond donors (Lipinski definition) is 0. The third kappa shape index (κ3) is 2.45. The Labute approximate surface area is 118 Å². The van der Waals surface area contributed by atoms with Gasteiger partial charge in [0.25, 0.3) is 0 Å². The number of nitrogens with zero attached hydrogens (tertiary/aromatic N) is 1. The monoisotopic (exact) mass is 261 g/mol. The van der Waals surface area contributed by atoms with Crippen LogP contribution in [0.4, 0.5) is 0 Å². The van der Waals surface area contributed by atoms with Crippen LogP contribution in [0.15, 0.2) is 60.8 Å². The smallest absolute Gasteiger partial charge is 0.169 e. The zero-order valence-corrected chi connectivity index (χ0v) is 11.3. The van der Waals surface area contributed by atoms with Crippen molar-refractivity contribution in [1.29, 1.82) is 0 Å². The number of ketones is 1. The second-order valence-corrected chi connectivity index (χ2v) is 4.95. The van der Waals surface area contributed by atoms with Gasteiger partial charge in [-0.1, -0.05) is 48.5 Å². The highest BCUT2D eigenvalue weighted by atomic mass is 16.1. The molecule has 3 aromatic rings. The van der Waals surface area contributed by atoms with Gasteiger partial charge in [0.05, 0.1) is 6.42 Å². The van der Waals surface area contributed by atoms with Crippen LogP contribution in [0.5, 0.6) is 0 Å². The third-order valence-corrected chi connectivity index (χ3v) is 3.40. The van der Waals surface area contributed by atoms with Crippen LogP contribution in [0.3, 0.4) is 0 Å². The first-order valence-corrected chi connectivity index (χ1v) is 6.66. The van der Waals surface area contributed by atoms with Gasteiger partial charge in [0.15, 0.2) is 5.78 Å². The Hall–Kier alpha value is -2.48. The molecule has 0 aliphatic carbocycles. The summed E-state index contributed by atoms with van der Waals surface area (Å²) in [6.45, 7) is 1.99. The number of fused-ring (bicyclic) bond motifs is 1. The van der Waals surface area contributed by atoms with E-state index in [0.717, 1.165) is 27.6 Å². The fraction of sp³-hybridized carbons (Fsp3) is 0.111. The summed E-state index contributed by atoms with van der Waals surface area (Å²) >= 11 is 0. The van der Waals surface area contributed by atoms with Gasteiger partial charge < -0.3 is 0 Å². The minimum absolute atomic E-state index is 0.109. The van der Waals surface area contributed by atoms with Gasteiger partial charge >= 0.3 is 0 Å². The van der Waals surface area contributed by atoms with Gasteiger partial charge in [0.2, 0.25) is 0 Å². The molecule has 0 N–H and O–H groups in total. The van der Waals surface area contributed by atoms with Crippen molar-refractivity contribution in [2.45, 2.75) is 13.3 Å². The summed E-state index contributed by atoms with van der Waals surface area (Å²) in [7, 11) is 0. The van der Waals surface area contributed by atoms with Crippen molar-refractivity contribution in [3.05, 3.63) is 77.6 Å². The number of aromatic nitrogens is 1. The molecule has 1 heterocycles. The Kier molecular flexibility index (Phi) is 3.30. The molecule has 98 valence electrons. The van der Waals surface area contributed by atoms with Crippen molar-refractivity contribution in [2.75, 3.05) is 0 Å². The van der Waals surface area contributed by atoms with Crippen molar-refractivity contribution in [1.82, 2.24) is 4.98 Å². The van der Waals surface area contributed by atoms with Crippen LogP contribution in [-0.4, -0.2) is 10.8 Å². The van der Waals surface area contributed by atoms with E-state index in [1.165, 1.54) is 0 Å². The van der Waals surface area contributed by atoms with Crippen molar-refractivity contribution >= 4 is 16.6 Å². The van der Waals surface area contributed by atoms with Gasteiger partial charge in [0.1, 0.15) is 0 Å². The van der Waals surface area contributed by atoms with Gasteiger partial charge in [-0.2, -0.15) is 0 Å². The highest BCUT2D eigenvalue weighted by Gasteiger charge is 2.11. The lowest BCUT2D eigenvalue weighted by atomic mass is 9.99. The molecule has 0 saturated carbocycles. The van der Waals surface area contributed by atoms with Crippen molar-refractivity contribution in [3.8, 4) is 0 Å². The Morgan fingerprint density at radius 1 is 1.00 bits per heavy atom. The van der Waals surface area contributed by atoms with Crippen molar-refractivity contribution < 1.29 is 4.79 Å². The molecule has 0 saturated heterocycles. The molecule has 0 aliphatic rings. The van der Waals surface area contributed by atoms with Crippen LogP contribution >= 0.6 is 0 Å². The Morgan fingerprint density at radius 2 is 1.80 bits per heavy atom. The maximum absolute atomic E-state index is 12.5. The molecular formula is C18H15NO. The molecule has 0 bridgehead atoms. The summed E-state index contributed by atoms with van der Waals surface area (Å²) in [6, 6.07) is 17.7. The molecule has 0 aliphatic heterocycles. The van der Waals surface area contributed by atoms with E-state index in [9.17, 15) is 4.79 Å². The Balaban J connectivity index is 1.94. The van der Waals surface area contributed by atoms with E-state index in [4.69, 9.17) is 0 Å². The summed E-state index contributed by atoms with van der Waals surface area (Å²) in [4.78, 5) is 16.8. The lowest BCUT2D eigenvalue weighted by molar-refractivity contribution is 0.0993. The zero-order chi connectivity index (χ0) is 13.9. The average molecular weight is 261 g/mol. The Morgan fingerprint density at radius 3 is 2.60 bits per heavy atom. The number of rotatable bonds is 3. The summed E-state index contributed by atoms with van der Waals surface area (Å²) in [5.41, 5.74) is 2.69. The fourth-order valence-corrected chi connectivity index (χ4v) is 2.33. The highest BCUT2D eigenvalue weighted by Crippen LogP contribution is 2.20. The number of carbonyl (C=O) groups excluding carboxylic acids is 1. The molecule has 2 nitrogen and oxygen atoms in total. The van der Waals surface area contributed by atoms with Crippen LogP contribution in [0.1, 0.15) is 21.6 Å². The number of pyridine rings is 1. The number of Topliss-reactive ketones (excluding diaryl/α,β-unsaturated/α-hetero) is 1. The topological polar surface area (TPSA) is 30.0 Å². The molecule has 0 fully saturated rings. The second kappa shape index (κ2) is 5.25. The van der Waals surface area contributed by atoms with Crippen LogP contribution < -0.4 is 0 Å². The molecule has 0 spiro atoms. The highest BCUT2D eigenvalue weighted by molar-refractivity contribution is 6.08. The summed E-state index contributed by atoms with van der Waals surface area (Å²) in [5, 5.41) is 2.10. The summed E-state index contributed by atoms with van der Waals surface area (Å²) in [6.07, 6.45) is 2.14. The molecule has 20 heavy (non-hydrogen) atoms. The van der Waals surface area contributed by atoms with Crippen LogP contribution in [0.25, 0.3) is 10.8 Å². The molecule has 1 aromatic heterocycles. The van der Waals surface area contributed by atoms with Crippen LogP contribution in [-0.2, 0) is 6.42 Å². The molecule has 0 radical (unpaired) electrons. The first kappa shape index (κ1) is 12.5. The van der Waals surface area contributed by atoms with E-state index in [0.29, 0.717) is 6.42 Å². The molecule has 3 rings (SSSR count). The minimum atomic E-state index is 0.109. The number of carbonyl (C=O) groups is 1. The number of hydrogen-bond acceptors (Lipinski definition) is 2. The standard InChI is InChI=1S/C18H15NO/c1-13-9-10-15(19-12-13)11-18(20)17-8-4-6-14-5-2-3-7-16(14)17/h2-10,12H,11H2,1H3. The van der Waals surface area contributed by atoms with Gasteiger partial charge in [-0.05, 0) is 29.3 Å². The minimum Gasteiger partial charge on any atom is -0.294 e.